The molecule has 2 aromatic rings. The third-order valence-corrected chi connectivity index (χ3v) is 8.34. The first kappa shape index (κ1) is 35.4. The predicted octanol–water partition coefficient (Wildman–Crippen LogP) is 5.96. The Morgan fingerprint density at radius 2 is 1.76 bits per heavy atom. The maximum Gasteiger partial charge on any atom is 0.336 e. The third-order valence-electron chi connectivity index (χ3n) is 6.68. The Labute approximate surface area is 250 Å². The van der Waals surface area contributed by atoms with E-state index in [0.717, 1.165) is 57.2 Å². The second-order valence-corrected chi connectivity index (χ2v) is 12.6. The van der Waals surface area contributed by atoms with Gasteiger partial charge in [0.25, 0.3) is 8.53 Å². The molecule has 42 heavy (non-hydrogen) atoms. The molecule has 0 saturated heterocycles. The Morgan fingerprint density at radius 3 is 2.43 bits per heavy atom. The smallest absolute Gasteiger partial charge is 0.336 e. The van der Waals surface area contributed by atoms with Crippen LogP contribution >= 0.6 is 8.53 Å². The minimum atomic E-state index is -1.16. The van der Waals surface area contributed by atoms with Crippen LogP contribution in [0, 0.1) is 16.7 Å². The Bertz CT molecular complexity index is 1240. The highest BCUT2D eigenvalue weighted by Crippen LogP contribution is 2.43. The summed E-state index contributed by atoms with van der Waals surface area (Å²) in [4.78, 5) is 36.3. The second kappa shape index (κ2) is 18.7. The van der Waals surface area contributed by atoms with Crippen molar-refractivity contribution in [3.8, 4) is 6.07 Å². The van der Waals surface area contributed by atoms with E-state index >= 15 is 0 Å². The number of carboxylic acid groups (broad SMARTS) is 1. The molecule has 2 rings (SSSR count). The number of amides is 1. The molecule has 0 fully saturated rings. The van der Waals surface area contributed by atoms with Crippen LogP contribution in [-0.4, -0.2) is 54.5 Å². The molecule has 1 amide bonds. The summed E-state index contributed by atoms with van der Waals surface area (Å²) in [5, 5.41) is 21.8. The highest BCUT2D eigenvalue weighted by atomic mass is 31.2. The topological polar surface area (TPSA) is 142 Å². The fourth-order valence-electron chi connectivity index (χ4n) is 4.46. The number of aliphatic carboxylic acids is 1. The quantitative estimate of drug-likeness (QED) is 0.100. The van der Waals surface area contributed by atoms with Gasteiger partial charge in [0.1, 0.15) is 5.58 Å². The van der Waals surface area contributed by atoms with Crippen LogP contribution < -0.4 is 10.9 Å². The van der Waals surface area contributed by atoms with Crippen molar-refractivity contribution in [2.75, 3.05) is 32.8 Å². The minimum Gasteiger partial charge on any atom is -0.481 e. The van der Waals surface area contributed by atoms with Crippen molar-refractivity contribution in [2.45, 2.75) is 85.5 Å². The van der Waals surface area contributed by atoms with Crippen molar-refractivity contribution in [2.24, 2.45) is 5.41 Å². The van der Waals surface area contributed by atoms with Crippen LogP contribution in [0.2, 0.25) is 0 Å². The van der Waals surface area contributed by atoms with E-state index in [1.54, 1.807) is 26.0 Å². The fourth-order valence-corrected chi connectivity index (χ4v) is 6.12. The SMILES string of the molecule is CCCN(CCC)P(OCCC#N)OCCCCCCNC(=O)Cc1cc(=O)oc2cc(CC(C)(C)C(=O)O)ccc12. The number of unbranched alkanes of at least 4 members (excludes halogenated alkanes) is 3. The molecule has 0 radical (unpaired) electrons. The van der Waals surface area contributed by atoms with Crippen molar-refractivity contribution < 1.29 is 28.2 Å². The lowest BCUT2D eigenvalue weighted by molar-refractivity contribution is -0.146. The van der Waals surface area contributed by atoms with Crippen LogP contribution in [-0.2, 0) is 31.5 Å². The van der Waals surface area contributed by atoms with Crippen LogP contribution in [0.25, 0.3) is 11.0 Å². The number of carboxylic acids is 1. The van der Waals surface area contributed by atoms with Gasteiger partial charge in [-0.3, -0.25) is 9.59 Å². The molecular formula is C31H46N3O7P. The summed E-state index contributed by atoms with van der Waals surface area (Å²) in [7, 11) is -1.16. The molecule has 0 aliphatic carbocycles. The zero-order valence-electron chi connectivity index (χ0n) is 25.4. The van der Waals surface area contributed by atoms with Gasteiger partial charge in [-0.05, 0) is 63.1 Å². The fraction of sp³-hybridized carbons (Fsp3) is 0.613. The Morgan fingerprint density at radius 1 is 1.07 bits per heavy atom. The molecule has 11 heteroatoms. The average Bonchev–Trinajstić information content (AvgIpc) is 2.93. The van der Waals surface area contributed by atoms with Crippen molar-refractivity contribution >= 4 is 31.4 Å². The maximum atomic E-state index is 12.6. The Hall–Kier alpha value is -2.83. The zero-order valence-corrected chi connectivity index (χ0v) is 26.3. The summed E-state index contributed by atoms with van der Waals surface area (Å²) in [6, 6.07) is 8.72. The maximum absolute atomic E-state index is 12.6. The standard InChI is InChI=1S/C31H46N3O7P/c1-5-16-34(17-6-2)42(40-19-11-14-32)39-18-10-8-7-9-15-33-28(35)21-25-22-29(36)41-27-20-24(12-13-26(25)27)23-31(3,4)30(37)38/h12-13,20,22H,5-11,15-19,21,23H2,1-4H3,(H,33,35)(H,37,38). The van der Waals surface area contributed by atoms with Crippen molar-refractivity contribution in [1.29, 1.82) is 5.26 Å². The number of rotatable bonds is 21. The van der Waals surface area contributed by atoms with E-state index in [0.29, 0.717) is 42.7 Å². The molecule has 1 heterocycles. The molecule has 1 aromatic carbocycles. The molecule has 10 nitrogen and oxygen atoms in total. The van der Waals surface area contributed by atoms with E-state index in [4.69, 9.17) is 18.7 Å². The van der Waals surface area contributed by atoms with Gasteiger partial charge in [-0.2, -0.15) is 5.26 Å². The van der Waals surface area contributed by atoms with Gasteiger partial charge in [-0.15, -0.1) is 0 Å². The van der Waals surface area contributed by atoms with Gasteiger partial charge >= 0.3 is 11.6 Å². The normalized spacial score (nSPS) is 12.4. The van der Waals surface area contributed by atoms with Gasteiger partial charge in [0.05, 0.1) is 37.5 Å². The number of benzene rings is 1. The molecule has 0 aliphatic rings. The van der Waals surface area contributed by atoms with Gasteiger partial charge in [-0.1, -0.05) is 38.8 Å². The number of hydrogen-bond donors (Lipinski definition) is 2. The number of carbonyl (C=O) groups excluding carboxylic acids is 1. The summed E-state index contributed by atoms with van der Waals surface area (Å²) in [6.07, 6.45) is 6.33. The van der Waals surface area contributed by atoms with Gasteiger partial charge in [0.2, 0.25) is 5.91 Å². The summed E-state index contributed by atoms with van der Waals surface area (Å²) >= 11 is 0. The first-order valence-corrected chi connectivity index (χ1v) is 16.0. The van der Waals surface area contributed by atoms with Crippen LogP contribution in [0.4, 0.5) is 0 Å². The molecular weight excluding hydrogens is 557 g/mol. The van der Waals surface area contributed by atoms with E-state index in [2.05, 4.69) is 29.9 Å². The van der Waals surface area contributed by atoms with E-state index < -0.39 is 25.5 Å². The number of hydrogen-bond acceptors (Lipinski definition) is 8. The summed E-state index contributed by atoms with van der Waals surface area (Å²) in [5.74, 6) is -1.08. The van der Waals surface area contributed by atoms with Gasteiger partial charge in [-0.25, -0.2) is 9.46 Å². The molecule has 2 N–H and O–H groups in total. The largest absolute Gasteiger partial charge is 0.481 e. The summed E-state index contributed by atoms with van der Waals surface area (Å²) in [5.41, 5.74) is 0.159. The monoisotopic (exact) mass is 603 g/mol. The first-order chi connectivity index (χ1) is 20.1. The lowest BCUT2D eigenvalue weighted by Gasteiger charge is -2.28. The molecule has 232 valence electrons. The molecule has 1 aromatic heterocycles. The van der Waals surface area contributed by atoms with Gasteiger partial charge in [0.15, 0.2) is 0 Å². The molecule has 0 spiro atoms. The van der Waals surface area contributed by atoms with E-state index in [1.807, 2.05) is 6.07 Å². The molecule has 1 unspecified atom stereocenters. The second-order valence-electron chi connectivity index (χ2n) is 11.0. The number of nitrogens with zero attached hydrogens (tertiary/aromatic N) is 2. The van der Waals surface area contributed by atoms with E-state index in [9.17, 15) is 19.5 Å². The number of fused-ring (bicyclic) bond motifs is 1. The lowest BCUT2D eigenvalue weighted by Crippen LogP contribution is -2.26. The summed E-state index contributed by atoms with van der Waals surface area (Å²) < 4.78 is 19.6. The average molecular weight is 604 g/mol. The molecule has 0 aliphatic heterocycles. The zero-order chi connectivity index (χ0) is 31.0. The number of nitrogens with one attached hydrogen (secondary N) is 1. The van der Waals surface area contributed by atoms with Crippen LogP contribution in [0.5, 0.6) is 0 Å². The predicted molar refractivity (Wildman–Crippen MR) is 164 cm³/mol. The van der Waals surface area contributed by atoms with Gasteiger partial charge < -0.3 is 23.9 Å². The molecule has 0 saturated carbocycles. The lowest BCUT2D eigenvalue weighted by atomic mass is 9.85. The van der Waals surface area contributed by atoms with E-state index in [-0.39, 0.29) is 18.7 Å². The third kappa shape index (κ3) is 12.2. The van der Waals surface area contributed by atoms with Crippen molar-refractivity contribution in [3.05, 3.63) is 45.8 Å². The molecule has 0 bridgehead atoms. The van der Waals surface area contributed by atoms with Crippen LogP contribution in [0.15, 0.2) is 33.5 Å². The van der Waals surface area contributed by atoms with Crippen LogP contribution in [0.1, 0.15) is 83.8 Å². The van der Waals surface area contributed by atoms with Crippen LogP contribution in [0.3, 0.4) is 0 Å². The summed E-state index contributed by atoms with van der Waals surface area (Å²) in [6.45, 7) is 10.9. The Balaban J connectivity index is 1.78. The first-order valence-electron chi connectivity index (χ1n) is 14.8. The van der Waals surface area contributed by atoms with Gasteiger partial charge in [0, 0.05) is 31.1 Å². The minimum absolute atomic E-state index is 0.0529. The Kier molecular flexibility index (Phi) is 15.7. The number of nitriles is 1. The van der Waals surface area contributed by atoms with E-state index in [1.165, 1.54) is 6.07 Å². The number of carbonyl (C=O) groups is 2. The highest BCUT2D eigenvalue weighted by molar-refractivity contribution is 7.44. The van der Waals surface area contributed by atoms with Crippen molar-refractivity contribution in [1.82, 2.24) is 9.99 Å². The highest BCUT2D eigenvalue weighted by Gasteiger charge is 2.27. The van der Waals surface area contributed by atoms with Crippen molar-refractivity contribution in [3.63, 3.8) is 0 Å². The molecule has 1 atom stereocenters.